The zero-order valence-electron chi connectivity index (χ0n) is 10.0. The van der Waals surface area contributed by atoms with Crippen LogP contribution < -0.4 is 10.5 Å². The van der Waals surface area contributed by atoms with Crippen LogP contribution >= 0.6 is 0 Å². The van der Waals surface area contributed by atoms with Gasteiger partial charge < -0.3 is 10.5 Å². The van der Waals surface area contributed by atoms with Crippen LogP contribution in [0.1, 0.15) is 25.0 Å². The van der Waals surface area contributed by atoms with Crippen molar-refractivity contribution in [1.82, 2.24) is 0 Å². The fraction of sp³-hybridized carbons (Fsp3) is 0.417. The summed E-state index contributed by atoms with van der Waals surface area (Å²) in [5.74, 6) is -0.322. The van der Waals surface area contributed by atoms with E-state index in [1.165, 1.54) is 6.07 Å². The molecule has 0 heterocycles. The van der Waals surface area contributed by atoms with Gasteiger partial charge in [-0.2, -0.15) is 18.4 Å². The summed E-state index contributed by atoms with van der Waals surface area (Å²) in [6.45, 7) is 3.25. The molecule has 0 aliphatic carbocycles. The van der Waals surface area contributed by atoms with E-state index in [0.29, 0.717) is 0 Å². The van der Waals surface area contributed by atoms with Crippen molar-refractivity contribution in [2.75, 3.05) is 6.54 Å². The van der Waals surface area contributed by atoms with Gasteiger partial charge in [0.2, 0.25) is 0 Å². The number of ether oxygens (including phenoxy) is 1. The maximum atomic E-state index is 12.8. The molecule has 0 aromatic heterocycles. The number of rotatable bonds is 3. The standard InChI is InChI=1S/C12H13F3N2O/c1-11(2,7-17)18-10-4-3-8(6-16)5-9(10)12(13,14)15/h3-5H,7,17H2,1-2H3. The van der Waals surface area contributed by atoms with E-state index in [9.17, 15) is 13.2 Å². The van der Waals surface area contributed by atoms with Gasteiger partial charge in [0.1, 0.15) is 11.4 Å². The minimum Gasteiger partial charge on any atom is -0.486 e. The molecule has 0 atom stereocenters. The SMILES string of the molecule is CC(C)(CN)Oc1ccc(C#N)cc1C(F)(F)F. The Balaban J connectivity index is 3.24. The molecule has 0 fully saturated rings. The van der Waals surface area contributed by atoms with E-state index in [-0.39, 0.29) is 17.9 Å². The summed E-state index contributed by atoms with van der Waals surface area (Å²) in [4.78, 5) is 0. The molecule has 3 nitrogen and oxygen atoms in total. The lowest BCUT2D eigenvalue weighted by atomic mass is 10.1. The van der Waals surface area contributed by atoms with Crippen LogP contribution in [-0.2, 0) is 6.18 Å². The van der Waals surface area contributed by atoms with Crippen molar-refractivity contribution >= 4 is 0 Å². The van der Waals surface area contributed by atoms with Gasteiger partial charge in [0.15, 0.2) is 0 Å². The van der Waals surface area contributed by atoms with Crippen LogP contribution in [0.3, 0.4) is 0 Å². The van der Waals surface area contributed by atoms with E-state index in [4.69, 9.17) is 15.7 Å². The Morgan fingerprint density at radius 3 is 2.39 bits per heavy atom. The molecule has 1 aromatic carbocycles. The minimum atomic E-state index is -4.58. The van der Waals surface area contributed by atoms with Crippen LogP contribution in [0.25, 0.3) is 0 Å². The molecule has 1 rings (SSSR count). The van der Waals surface area contributed by atoms with Gasteiger partial charge in [-0.05, 0) is 32.0 Å². The van der Waals surface area contributed by atoms with Gasteiger partial charge in [-0.15, -0.1) is 0 Å². The molecule has 2 N–H and O–H groups in total. The number of nitrogens with two attached hydrogens (primary N) is 1. The first-order chi connectivity index (χ1) is 8.19. The zero-order chi connectivity index (χ0) is 14.0. The summed E-state index contributed by atoms with van der Waals surface area (Å²) < 4.78 is 43.7. The first-order valence-corrected chi connectivity index (χ1v) is 5.20. The summed E-state index contributed by atoms with van der Waals surface area (Å²) in [6, 6.07) is 4.84. The van der Waals surface area contributed by atoms with Gasteiger partial charge >= 0.3 is 6.18 Å². The molecular formula is C12H13F3N2O. The Morgan fingerprint density at radius 1 is 1.33 bits per heavy atom. The van der Waals surface area contributed by atoms with E-state index in [1.807, 2.05) is 0 Å². The first kappa shape index (κ1) is 14.3. The molecular weight excluding hydrogens is 245 g/mol. The van der Waals surface area contributed by atoms with Crippen LogP contribution in [0.2, 0.25) is 0 Å². The molecule has 98 valence electrons. The smallest absolute Gasteiger partial charge is 0.420 e. The fourth-order valence-corrected chi connectivity index (χ4v) is 1.25. The fourth-order valence-electron chi connectivity index (χ4n) is 1.25. The van der Waals surface area contributed by atoms with Crippen LogP contribution in [0.4, 0.5) is 13.2 Å². The third-order valence-electron chi connectivity index (χ3n) is 2.29. The van der Waals surface area contributed by atoms with E-state index in [2.05, 4.69) is 0 Å². The predicted octanol–water partition coefficient (Wildman–Crippen LogP) is 2.69. The number of hydrogen-bond acceptors (Lipinski definition) is 3. The van der Waals surface area contributed by atoms with E-state index < -0.39 is 17.3 Å². The molecule has 0 saturated heterocycles. The molecule has 1 aromatic rings. The van der Waals surface area contributed by atoms with Crippen molar-refractivity contribution in [3.05, 3.63) is 29.3 Å². The van der Waals surface area contributed by atoms with Crippen LogP contribution in [0.5, 0.6) is 5.75 Å². The second-order valence-electron chi connectivity index (χ2n) is 4.39. The van der Waals surface area contributed by atoms with E-state index in [0.717, 1.165) is 12.1 Å². The highest BCUT2D eigenvalue weighted by molar-refractivity contribution is 5.43. The second-order valence-corrected chi connectivity index (χ2v) is 4.39. The molecule has 0 aliphatic rings. The number of alkyl halides is 3. The Morgan fingerprint density at radius 2 is 1.94 bits per heavy atom. The first-order valence-electron chi connectivity index (χ1n) is 5.20. The monoisotopic (exact) mass is 258 g/mol. The second kappa shape index (κ2) is 4.86. The lowest BCUT2D eigenvalue weighted by molar-refractivity contribution is -0.139. The lowest BCUT2D eigenvalue weighted by Gasteiger charge is -2.26. The molecule has 0 amide bonds. The van der Waals surface area contributed by atoms with Crippen LogP contribution in [-0.4, -0.2) is 12.1 Å². The van der Waals surface area contributed by atoms with Crippen molar-refractivity contribution < 1.29 is 17.9 Å². The molecule has 0 bridgehead atoms. The van der Waals surface area contributed by atoms with E-state index in [1.54, 1.807) is 19.9 Å². The Bertz CT molecular complexity index is 475. The van der Waals surface area contributed by atoms with Crippen molar-refractivity contribution in [1.29, 1.82) is 5.26 Å². The average molecular weight is 258 g/mol. The molecule has 6 heteroatoms. The third kappa shape index (κ3) is 3.37. The van der Waals surface area contributed by atoms with Crippen LogP contribution in [0.15, 0.2) is 18.2 Å². The summed E-state index contributed by atoms with van der Waals surface area (Å²) in [6.07, 6.45) is -4.58. The minimum absolute atomic E-state index is 0.0692. The van der Waals surface area contributed by atoms with Crippen molar-refractivity contribution in [3.63, 3.8) is 0 Å². The predicted molar refractivity (Wildman–Crippen MR) is 59.9 cm³/mol. The Kier molecular flexibility index (Phi) is 3.87. The summed E-state index contributed by atoms with van der Waals surface area (Å²) in [5, 5.41) is 8.62. The summed E-state index contributed by atoms with van der Waals surface area (Å²) in [5.41, 5.74) is 3.46. The van der Waals surface area contributed by atoms with Gasteiger partial charge in [0.05, 0.1) is 17.2 Å². The highest BCUT2D eigenvalue weighted by atomic mass is 19.4. The molecule has 0 spiro atoms. The van der Waals surface area contributed by atoms with Crippen molar-refractivity contribution in [2.45, 2.75) is 25.6 Å². The number of nitrogens with zero attached hydrogens (tertiary/aromatic N) is 1. The van der Waals surface area contributed by atoms with Crippen molar-refractivity contribution in [3.8, 4) is 11.8 Å². The number of nitriles is 1. The Hall–Kier alpha value is -1.74. The molecule has 0 saturated carbocycles. The number of benzene rings is 1. The van der Waals surface area contributed by atoms with Crippen LogP contribution in [0, 0.1) is 11.3 Å². The van der Waals surface area contributed by atoms with E-state index >= 15 is 0 Å². The topological polar surface area (TPSA) is 59.0 Å². The lowest BCUT2D eigenvalue weighted by Crippen LogP contribution is -2.37. The average Bonchev–Trinajstić information content (AvgIpc) is 2.27. The largest absolute Gasteiger partial charge is 0.486 e. The quantitative estimate of drug-likeness (QED) is 0.906. The van der Waals surface area contributed by atoms with Crippen molar-refractivity contribution in [2.24, 2.45) is 5.73 Å². The molecule has 0 aliphatic heterocycles. The number of hydrogen-bond donors (Lipinski definition) is 1. The summed E-state index contributed by atoms with van der Waals surface area (Å²) in [7, 11) is 0. The maximum absolute atomic E-state index is 12.8. The summed E-state index contributed by atoms with van der Waals surface area (Å²) >= 11 is 0. The van der Waals surface area contributed by atoms with Gasteiger partial charge in [0.25, 0.3) is 0 Å². The molecule has 0 unspecified atom stereocenters. The zero-order valence-corrected chi connectivity index (χ0v) is 10.0. The Labute approximate surface area is 103 Å². The third-order valence-corrected chi connectivity index (χ3v) is 2.29. The molecule has 18 heavy (non-hydrogen) atoms. The highest BCUT2D eigenvalue weighted by Crippen LogP contribution is 2.37. The maximum Gasteiger partial charge on any atom is 0.420 e. The highest BCUT2D eigenvalue weighted by Gasteiger charge is 2.36. The van der Waals surface area contributed by atoms with Gasteiger partial charge in [-0.1, -0.05) is 0 Å². The van der Waals surface area contributed by atoms with Gasteiger partial charge in [0, 0.05) is 6.54 Å². The van der Waals surface area contributed by atoms with Gasteiger partial charge in [-0.25, -0.2) is 0 Å². The number of halogens is 3. The normalized spacial score (nSPS) is 12.1. The van der Waals surface area contributed by atoms with Gasteiger partial charge in [-0.3, -0.25) is 0 Å². The molecule has 0 radical (unpaired) electrons.